The van der Waals surface area contributed by atoms with Crippen LogP contribution in [0.4, 0.5) is 10.5 Å². The third-order valence-electron chi connectivity index (χ3n) is 5.89. The fraction of sp³-hybridized carbons (Fsp3) is 0.483. The van der Waals surface area contributed by atoms with Crippen LogP contribution in [0.5, 0.6) is 5.75 Å². The molecule has 2 atom stereocenters. The second kappa shape index (κ2) is 13.0. The van der Waals surface area contributed by atoms with E-state index in [9.17, 15) is 19.5 Å². The van der Waals surface area contributed by atoms with Crippen LogP contribution in [0, 0.1) is 19.8 Å². The van der Waals surface area contributed by atoms with Gasteiger partial charge in [0.1, 0.15) is 23.4 Å². The molecule has 3 N–H and O–H groups in total. The zero-order valence-corrected chi connectivity index (χ0v) is 24.3. The molecule has 2 aromatic carbocycles. The fourth-order valence-electron chi connectivity index (χ4n) is 4.11. The van der Waals surface area contributed by atoms with Gasteiger partial charge in [-0.2, -0.15) is 0 Å². The average molecular weight is 546 g/mol. The Morgan fingerprint density at radius 2 is 1.74 bits per heavy atom. The van der Waals surface area contributed by atoms with Gasteiger partial charge in [-0.25, -0.2) is 4.79 Å². The molecule has 0 aliphatic heterocycles. The minimum atomic E-state index is -1.06. The predicted octanol–water partition coefficient (Wildman–Crippen LogP) is 6.13. The molecule has 9 heteroatoms. The number of likely N-dealkylation sites (N-methyl/N-ethyl adjacent to an activating group) is 1. The number of anilines is 1. The number of benzene rings is 2. The molecule has 0 bridgehead atoms. The number of aryl methyl sites for hydroxylation is 2. The van der Waals surface area contributed by atoms with E-state index < -0.39 is 35.6 Å². The van der Waals surface area contributed by atoms with Crippen molar-refractivity contribution in [2.75, 3.05) is 11.9 Å². The van der Waals surface area contributed by atoms with Crippen LogP contribution >= 0.6 is 11.6 Å². The Morgan fingerprint density at radius 1 is 1.08 bits per heavy atom. The lowest BCUT2D eigenvalue weighted by Crippen LogP contribution is -2.52. The van der Waals surface area contributed by atoms with Gasteiger partial charge in [-0.05, 0) is 88.8 Å². The number of nitrogens with zero attached hydrogens (tertiary/aromatic N) is 1. The normalized spacial score (nSPS) is 13.0. The van der Waals surface area contributed by atoms with Crippen LogP contribution < -0.4 is 10.6 Å². The van der Waals surface area contributed by atoms with Crippen LogP contribution in [0.3, 0.4) is 0 Å². The van der Waals surface area contributed by atoms with Crippen LogP contribution in [0.2, 0.25) is 5.02 Å². The highest BCUT2D eigenvalue weighted by Crippen LogP contribution is 2.31. The molecule has 38 heavy (non-hydrogen) atoms. The van der Waals surface area contributed by atoms with Crippen LogP contribution in [0.1, 0.15) is 70.7 Å². The van der Waals surface area contributed by atoms with Crippen molar-refractivity contribution >= 4 is 35.2 Å². The molecule has 0 heterocycles. The van der Waals surface area contributed by atoms with Crippen LogP contribution in [0.25, 0.3) is 0 Å². The predicted molar refractivity (Wildman–Crippen MR) is 150 cm³/mol. The van der Waals surface area contributed by atoms with E-state index in [0.29, 0.717) is 28.3 Å². The summed E-state index contributed by atoms with van der Waals surface area (Å²) in [5.41, 5.74) is 1.55. The van der Waals surface area contributed by atoms with Gasteiger partial charge in [0.05, 0.1) is 10.7 Å². The van der Waals surface area contributed by atoms with Gasteiger partial charge in [0.15, 0.2) is 0 Å². The van der Waals surface area contributed by atoms with E-state index in [1.54, 1.807) is 58.9 Å². The molecule has 0 aliphatic carbocycles. The Morgan fingerprint density at radius 3 is 2.26 bits per heavy atom. The number of phenols is 1. The zero-order chi connectivity index (χ0) is 28.8. The number of para-hydroxylation sites is 1. The molecule has 0 saturated carbocycles. The van der Waals surface area contributed by atoms with Gasteiger partial charge in [-0.1, -0.05) is 43.6 Å². The maximum absolute atomic E-state index is 14.0. The van der Waals surface area contributed by atoms with Crippen molar-refractivity contribution in [2.24, 2.45) is 5.92 Å². The third-order valence-corrected chi connectivity index (χ3v) is 6.20. The molecule has 3 amide bonds. The van der Waals surface area contributed by atoms with E-state index in [2.05, 4.69) is 10.6 Å². The zero-order valence-electron chi connectivity index (χ0n) is 23.5. The summed E-state index contributed by atoms with van der Waals surface area (Å²) in [7, 11) is 0. The number of aromatic hydroxyl groups is 1. The van der Waals surface area contributed by atoms with E-state index in [-0.39, 0.29) is 18.2 Å². The van der Waals surface area contributed by atoms with Crippen molar-refractivity contribution in [3.05, 3.63) is 58.1 Å². The summed E-state index contributed by atoms with van der Waals surface area (Å²) in [5, 5.41) is 16.1. The van der Waals surface area contributed by atoms with Gasteiger partial charge >= 0.3 is 6.09 Å². The lowest BCUT2D eigenvalue weighted by atomic mass is 9.98. The molecule has 0 spiro atoms. The number of ether oxygens (including phenoxy) is 1. The van der Waals surface area contributed by atoms with Crippen molar-refractivity contribution in [3.8, 4) is 5.75 Å². The lowest BCUT2D eigenvalue weighted by molar-refractivity contribution is -0.140. The number of hydrogen-bond donors (Lipinski definition) is 3. The molecule has 2 aromatic rings. The van der Waals surface area contributed by atoms with Crippen molar-refractivity contribution in [1.29, 1.82) is 0 Å². The summed E-state index contributed by atoms with van der Waals surface area (Å²) < 4.78 is 5.40. The van der Waals surface area contributed by atoms with Crippen LogP contribution in [-0.4, -0.2) is 46.1 Å². The van der Waals surface area contributed by atoms with E-state index in [1.165, 1.54) is 11.0 Å². The van der Waals surface area contributed by atoms with E-state index in [1.807, 2.05) is 26.8 Å². The Kier molecular flexibility index (Phi) is 10.6. The number of nitrogens with one attached hydrogen (secondary N) is 2. The summed E-state index contributed by atoms with van der Waals surface area (Å²) in [6, 6.07) is 8.10. The van der Waals surface area contributed by atoms with Gasteiger partial charge in [0, 0.05) is 6.54 Å². The molecule has 208 valence electrons. The first-order valence-corrected chi connectivity index (χ1v) is 13.2. The first-order valence-electron chi connectivity index (χ1n) is 12.8. The number of phenolic OH excluding ortho intramolecular Hbond substituents is 1. The smallest absolute Gasteiger partial charge is 0.408 e. The van der Waals surface area contributed by atoms with Crippen LogP contribution in [-0.2, 0) is 14.3 Å². The summed E-state index contributed by atoms with van der Waals surface area (Å²) >= 11 is 6.37. The molecular weight excluding hydrogens is 506 g/mol. The molecular formula is C29H40ClN3O5. The highest BCUT2D eigenvalue weighted by molar-refractivity contribution is 6.34. The number of halogens is 1. The highest BCUT2D eigenvalue weighted by atomic mass is 35.5. The van der Waals surface area contributed by atoms with Crippen molar-refractivity contribution < 1.29 is 24.2 Å². The summed E-state index contributed by atoms with van der Waals surface area (Å²) in [6.45, 7) is 14.6. The van der Waals surface area contributed by atoms with Gasteiger partial charge in [0.25, 0.3) is 5.91 Å². The molecule has 2 unspecified atom stereocenters. The largest absolute Gasteiger partial charge is 0.508 e. The number of carbonyl (C=O) groups is 3. The minimum absolute atomic E-state index is 0.0755. The monoisotopic (exact) mass is 545 g/mol. The van der Waals surface area contributed by atoms with Gasteiger partial charge in [-0.15, -0.1) is 0 Å². The van der Waals surface area contributed by atoms with Gasteiger partial charge in [0.2, 0.25) is 5.91 Å². The first-order chi connectivity index (χ1) is 17.6. The molecule has 8 nitrogen and oxygen atoms in total. The third kappa shape index (κ3) is 8.38. The Balaban J connectivity index is 2.53. The van der Waals surface area contributed by atoms with Crippen molar-refractivity contribution in [3.63, 3.8) is 0 Å². The number of carbonyl (C=O) groups excluding carboxylic acids is 3. The molecule has 0 radical (unpaired) electrons. The molecule has 0 aliphatic rings. The number of rotatable bonds is 9. The summed E-state index contributed by atoms with van der Waals surface area (Å²) in [4.78, 5) is 41.8. The number of amides is 3. The number of hydrogen-bond acceptors (Lipinski definition) is 5. The Hall–Kier alpha value is -3.26. The fourth-order valence-corrected chi connectivity index (χ4v) is 4.38. The molecule has 0 saturated heterocycles. The van der Waals surface area contributed by atoms with Crippen molar-refractivity contribution in [1.82, 2.24) is 10.2 Å². The molecule has 2 rings (SSSR count). The summed E-state index contributed by atoms with van der Waals surface area (Å²) in [6.07, 6.45) is -0.359. The van der Waals surface area contributed by atoms with E-state index in [0.717, 1.165) is 5.56 Å². The second-order valence-electron chi connectivity index (χ2n) is 10.8. The minimum Gasteiger partial charge on any atom is -0.508 e. The molecule has 0 aromatic heterocycles. The standard InChI is InChI=1S/C29H40ClN3O5/c1-9-33(27(36)22(15-17(2)3)31-28(37)38-29(6,7)8)25(20-13-14-23(34)19(5)16-20)26(35)32-24-18(4)11-10-12-21(24)30/h10-14,16-17,22,25,34H,9,15H2,1-8H3,(H,31,37)(H,32,35). The van der Waals surface area contributed by atoms with Gasteiger partial charge < -0.3 is 25.4 Å². The highest BCUT2D eigenvalue weighted by Gasteiger charge is 2.36. The first kappa shape index (κ1) is 31.0. The lowest BCUT2D eigenvalue weighted by Gasteiger charge is -2.34. The topological polar surface area (TPSA) is 108 Å². The molecule has 0 fully saturated rings. The quantitative estimate of drug-likeness (QED) is 0.351. The van der Waals surface area contributed by atoms with Crippen molar-refractivity contribution in [2.45, 2.75) is 79.5 Å². The second-order valence-corrected chi connectivity index (χ2v) is 11.2. The van der Waals surface area contributed by atoms with E-state index >= 15 is 0 Å². The van der Waals surface area contributed by atoms with Gasteiger partial charge in [-0.3, -0.25) is 9.59 Å². The maximum Gasteiger partial charge on any atom is 0.408 e. The van der Waals surface area contributed by atoms with Crippen LogP contribution in [0.15, 0.2) is 36.4 Å². The summed E-state index contributed by atoms with van der Waals surface area (Å²) in [5.74, 6) is -0.740. The SMILES string of the molecule is CCN(C(=O)C(CC(C)C)NC(=O)OC(C)(C)C)C(C(=O)Nc1c(C)cccc1Cl)c1ccc(O)c(C)c1. The maximum atomic E-state index is 14.0. The Labute approximate surface area is 230 Å². The average Bonchev–Trinajstić information content (AvgIpc) is 2.79. The van der Waals surface area contributed by atoms with E-state index in [4.69, 9.17) is 16.3 Å². The Bertz CT molecular complexity index is 1140. The number of alkyl carbamates (subject to hydrolysis) is 1.